The van der Waals surface area contributed by atoms with Crippen molar-refractivity contribution < 1.29 is 27.9 Å². The van der Waals surface area contributed by atoms with Gasteiger partial charge in [0, 0.05) is 6.42 Å². The molecule has 1 aromatic rings. The number of amides is 2. The van der Waals surface area contributed by atoms with Crippen molar-refractivity contribution in [2.24, 2.45) is 11.7 Å². The fourth-order valence-electron chi connectivity index (χ4n) is 1.99. The summed E-state index contributed by atoms with van der Waals surface area (Å²) in [4.78, 5) is 23.3. The van der Waals surface area contributed by atoms with Crippen LogP contribution < -0.4 is 11.1 Å². The average molecular weight is 343 g/mol. The Balaban J connectivity index is 2.86. The molecule has 0 saturated heterocycles. The van der Waals surface area contributed by atoms with Gasteiger partial charge in [0.2, 0.25) is 5.91 Å². The molecular formula is C15H16F3N3O3. The van der Waals surface area contributed by atoms with Gasteiger partial charge in [0.25, 0.3) is 5.91 Å². The van der Waals surface area contributed by atoms with E-state index < -0.39 is 41.6 Å². The zero-order chi connectivity index (χ0) is 18.5. The standard InChI is InChI=1S/C15H16F3N3O3/c1-8(6-7-19)11(13(20)23)21-14(24)12(22)9-2-4-10(5-3-9)15(16,17)18/h2-5,8,11-12,22H,6H2,1H3,(H2,20,23)(H,21,24)/t8-,11-,12+/m1/s1. The van der Waals surface area contributed by atoms with Crippen molar-refractivity contribution in [3.63, 3.8) is 0 Å². The largest absolute Gasteiger partial charge is 0.416 e. The lowest BCUT2D eigenvalue weighted by Crippen LogP contribution is -2.49. The normalized spacial score (nSPS) is 15.0. The molecule has 0 spiro atoms. The first-order valence-electron chi connectivity index (χ1n) is 6.89. The summed E-state index contributed by atoms with van der Waals surface area (Å²) < 4.78 is 37.4. The minimum Gasteiger partial charge on any atom is -0.378 e. The molecule has 4 N–H and O–H groups in total. The van der Waals surface area contributed by atoms with Gasteiger partial charge < -0.3 is 16.2 Å². The van der Waals surface area contributed by atoms with Crippen LogP contribution in [0.4, 0.5) is 13.2 Å². The zero-order valence-corrected chi connectivity index (χ0v) is 12.7. The Labute approximate surface area is 136 Å². The minimum absolute atomic E-state index is 0.0513. The Morgan fingerprint density at radius 3 is 2.29 bits per heavy atom. The molecule has 0 unspecified atom stereocenters. The van der Waals surface area contributed by atoms with Gasteiger partial charge in [-0.15, -0.1) is 0 Å². The molecule has 6 nitrogen and oxygen atoms in total. The molecule has 0 aromatic heterocycles. The third kappa shape index (κ3) is 4.96. The number of primary amides is 1. The van der Waals surface area contributed by atoms with Gasteiger partial charge in [0.15, 0.2) is 6.10 Å². The Hall–Kier alpha value is -2.60. The number of rotatable bonds is 6. The second-order valence-electron chi connectivity index (χ2n) is 5.25. The summed E-state index contributed by atoms with van der Waals surface area (Å²) in [6.07, 6.45) is -6.36. The number of carbonyl (C=O) groups excluding carboxylic acids is 2. The van der Waals surface area contributed by atoms with Crippen LogP contribution in [0.2, 0.25) is 0 Å². The highest BCUT2D eigenvalue weighted by Crippen LogP contribution is 2.30. The lowest BCUT2D eigenvalue weighted by Gasteiger charge is -2.22. The van der Waals surface area contributed by atoms with E-state index in [1.54, 1.807) is 0 Å². The Morgan fingerprint density at radius 1 is 1.33 bits per heavy atom. The first kappa shape index (κ1) is 19.4. The van der Waals surface area contributed by atoms with E-state index in [1.165, 1.54) is 6.92 Å². The summed E-state index contributed by atoms with van der Waals surface area (Å²) in [6, 6.07) is 4.04. The fraction of sp³-hybridized carbons (Fsp3) is 0.400. The van der Waals surface area contributed by atoms with Crippen LogP contribution in [0.3, 0.4) is 0 Å². The predicted octanol–water partition coefficient (Wildman–Crippen LogP) is 1.26. The molecule has 0 fully saturated rings. The molecule has 0 radical (unpaired) electrons. The van der Waals surface area contributed by atoms with Crippen LogP contribution in [0.1, 0.15) is 30.6 Å². The van der Waals surface area contributed by atoms with E-state index in [9.17, 15) is 27.9 Å². The van der Waals surface area contributed by atoms with Crippen LogP contribution >= 0.6 is 0 Å². The second kappa shape index (κ2) is 7.79. The number of carbonyl (C=O) groups is 2. The van der Waals surface area contributed by atoms with Crippen LogP contribution in [0.5, 0.6) is 0 Å². The fourth-order valence-corrected chi connectivity index (χ4v) is 1.99. The predicted molar refractivity (Wildman–Crippen MR) is 76.9 cm³/mol. The molecule has 0 aliphatic carbocycles. The first-order valence-corrected chi connectivity index (χ1v) is 6.89. The molecular weight excluding hydrogens is 327 g/mol. The summed E-state index contributed by atoms with van der Waals surface area (Å²) in [6.45, 7) is 1.52. The number of aliphatic hydroxyl groups excluding tert-OH is 1. The number of nitrogens with one attached hydrogen (secondary N) is 1. The summed E-state index contributed by atoms with van der Waals surface area (Å²) in [5.74, 6) is -2.47. The van der Waals surface area contributed by atoms with Gasteiger partial charge in [-0.2, -0.15) is 18.4 Å². The number of nitrogens with zero attached hydrogens (tertiary/aromatic N) is 1. The van der Waals surface area contributed by atoms with Crippen LogP contribution in [-0.4, -0.2) is 23.0 Å². The Morgan fingerprint density at radius 2 is 1.88 bits per heavy atom. The number of alkyl halides is 3. The maximum atomic E-state index is 12.5. The average Bonchev–Trinajstić information content (AvgIpc) is 2.50. The van der Waals surface area contributed by atoms with Crippen LogP contribution in [0, 0.1) is 17.2 Å². The van der Waals surface area contributed by atoms with Crippen LogP contribution in [0.25, 0.3) is 0 Å². The molecule has 1 rings (SSSR count). The van der Waals surface area contributed by atoms with Gasteiger partial charge in [-0.25, -0.2) is 0 Å². The van der Waals surface area contributed by atoms with Gasteiger partial charge in [-0.3, -0.25) is 9.59 Å². The summed E-state index contributed by atoms with van der Waals surface area (Å²) >= 11 is 0. The molecule has 9 heteroatoms. The maximum Gasteiger partial charge on any atom is 0.416 e. The van der Waals surface area contributed by atoms with Gasteiger partial charge in [-0.1, -0.05) is 19.1 Å². The second-order valence-corrected chi connectivity index (χ2v) is 5.25. The van der Waals surface area contributed by atoms with E-state index in [1.807, 2.05) is 6.07 Å². The number of hydrogen-bond donors (Lipinski definition) is 3. The van der Waals surface area contributed by atoms with Crippen molar-refractivity contribution in [1.29, 1.82) is 5.26 Å². The lowest BCUT2D eigenvalue weighted by molar-refractivity contribution is -0.137. The number of aliphatic hydroxyl groups is 1. The molecule has 2 amide bonds. The van der Waals surface area contributed by atoms with Gasteiger partial charge in [0.1, 0.15) is 6.04 Å². The third-order valence-electron chi connectivity index (χ3n) is 3.39. The van der Waals surface area contributed by atoms with Crippen molar-refractivity contribution >= 4 is 11.8 Å². The summed E-state index contributed by atoms with van der Waals surface area (Å²) in [7, 11) is 0. The van der Waals surface area contributed by atoms with E-state index in [0.717, 1.165) is 24.3 Å². The van der Waals surface area contributed by atoms with E-state index >= 15 is 0 Å². The highest BCUT2D eigenvalue weighted by molar-refractivity contribution is 5.89. The van der Waals surface area contributed by atoms with Crippen molar-refractivity contribution in [2.75, 3.05) is 0 Å². The topological polar surface area (TPSA) is 116 Å². The van der Waals surface area contributed by atoms with Gasteiger partial charge in [-0.05, 0) is 23.6 Å². The van der Waals surface area contributed by atoms with Gasteiger partial charge in [0.05, 0.1) is 11.6 Å². The minimum atomic E-state index is -4.53. The van der Waals surface area contributed by atoms with Gasteiger partial charge >= 0.3 is 6.18 Å². The number of hydrogen-bond acceptors (Lipinski definition) is 4. The lowest BCUT2D eigenvalue weighted by atomic mass is 9.97. The molecule has 130 valence electrons. The number of nitrogens with two attached hydrogens (primary N) is 1. The van der Waals surface area contributed by atoms with Crippen LogP contribution in [0.15, 0.2) is 24.3 Å². The molecule has 0 heterocycles. The quantitative estimate of drug-likeness (QED) is 0.721. The molecule has 0 aliphatic heterocycles. The van der Waals surface area contributed by atoms with Crippen molar-refractivity contribution in [3.05, 3.63) is 35.4 Å². The maximum absolute atomic E-state index is 12.5. The number of halogens is 3. The van der Waals surface area contributed by atoms with Crippen molar-refractivity contribution in [3.8, 4) is 6.07 Å². The summed E-state index contributed by atoms with van der Waals surface area (Å²) in [5.41, 5.74) is 4.16. The smallest absolute Gasteiger partial charge is 0.378 e. The monoisotopic (exact) mass is 343 g/mol. The van der Waals surface area contributed by atoms with E-state index in [0.29, 0.717) is 0 Å². The SMILES string of the molecule is C[C@H](CC#N)[C@@H](NC(=O)[C@@H](O)c1ccc(C(F)(F)F)cc1)C(N)=O. The first-order chi connectivity index (χ1) is 11.1. The summed E-state index contributed by atoms with van der Waals surface area (Å²) in [5, 5.41) is 20.7. The molecule has 24 heavy (non-hydrogen) atoms. The molecule has 0 saturated carbocycles. The van der Waals surface area contributed by atoms with E-state index in [-0.39, 0.29) is 12.0 Å². The third-order valence-corrected chi connectivity index (χ3v) is 3.39. The van der Waals surface area contributed by atoms with Crippen LogP contribution in [-0.2, 0) is 15.8 Å². The molecule has 0 aliphatic rings. The van der Waals surface area contributed by atoms with Crippen molar-refractivity contribution in [1.82, 2.24) is 5.32 Å². The molecule has 1 aromatic carbocycles. The Kier molecular flexibility index (Phi) is 6.31. The highest BCUT2D eigenvalue weighted by Gasteiger charge is 2.31. The molecule has 0 bridgehead atoms. The van der Waals surface area contributed by atoms with Crippen molar-refractivity contribution in [2.45, 2.75) is 31.7 Å². The number of benzene rings is 1. The number of nitriles is 1. The van der Waals surface area contributed by atoms with E-state index in [2.05, 4.69) is 5.32 Å². The highest BCUT2D eigenvalue weighted by atomic mass is 19.4. The van der Waals surface area contributed by atoms with E-state index in [4.69, 9.17) is 11.0 Å². The molecule has 3 atom stereocenters. The zero-order valence-electron chi connectivity index (χ0n) is 12.7. The Bertz CT molecular complexity index is 638.